The Kier molecular flexibility index (Phi) is 8.14. The van der Waals surface area contributed by atoms with E-state index in [9.17, 15) is 23.9 Å². The second-order valence-corrected chi connectivity index (χ2v) is 6.46. The first-order valence-corrected chi connectivity index (χ1v) is 9.03. The third-order valence-corrected chi connectivity index (χ3v) is 4.17. The molecule has 0 bridgehead atoms. The summed E-state index contributed by atoms with van der Waals surface area (Å²) < 4.78 is 17.7. The van der Waals surface area contributed by atoms with Crippen LogP contribution in [0.4, 0.5) is 9.18 Å². The summed E-state index contributed by atoms with van der Waals surface area (Å²) in [5, 5.41) is 14.3. The monoisotopic (exact) mass is 402 g/mol. The van der Waals surface area contributed by atoms with Crippen LogP contribution in [0.5, 0.6) is 5.75 Å². The summed E-state index contributed by atoms with van der Waals surface area (Å²) in [6, 6.07) is 13.0. The predicted octanol–water partition coefficient (Wildman–Crippen LogP) is 2.27. The Labute approximate surface area is 167 Å². The van der Waals surface area contributed by atoms with E-state index in [1.807, 2.05) is 6.07 Å². The van der Waals surface area contributed by atoms with Crippen LogP contribution in [0.25, 0.3) is 0 Å². The third-order valence-electron chi connectivity index (χ3n) is 4.17. The van der Waals surface area contributed by atoms with Crippen molar-refractivity contribution in [1.29, 1.82) is 0 Å². The summed E-state index contributed by atoms with van der Waals surface area (Å²) >= 11 is 0. The number of hydrogen-bond donors (Lipinski definition) is 3. The minimum absolute atomic E-state index is 0.0248. The van der Waals surface area contributed by atoms with Crippen LogP contribution in [0.2, 0.25) is 0 Å². The minimum atomic E-state index is -1.20. The molecular formula is C21H23FN2O5. The molecule has 3 N–H and O–H groups in total. The lowest BCUT2D eigenvalue weighted by Gasteiger charge is -2.20. The number of carbonyl (C=O) groups is 3. The zero-order valence-electron chi connectivity index (χ0n) is 15.9. The van der Waals surface area contributed by atoms with Crippen LogP contribution in [-0.2, 0) is 27.4 Å². The number of rotatable bonds is 9. The maximum atomic E-state index is 12.5. The van der Waals surface area contributed by atoms with E-state index in [-0.39, 0.29) is 18.8 Å². The van der Waals surface area contributed by atoms with E-state index < -0.39 is 36.5 Å². The van der Waals surface area contributed by atoms with Crippen molar-refractivity contribution in [3.63, 3.8) is 0 Å². The number of phenolic OH excluding ortho intramolecular Hbond substituents is 1. The Morgan fingerprint density at radius 2 is 1.66 bits per heavy atom. The molecule has 7 nitrogen and oxygen atoms in total. The Bertz CT molecular complexity index is 827. The van der Waals surface area contributed by atoms with Crippen LogP contribution in [0.3, 0.4) is 0 Å². The summed E-state index contributed by atoms with van der Waals surface area (Å²) in [5.74, 6) is -1.36. The molecule has 0 saturated heterocycles. The van der Waals surface area contributed by atoms with E-state index in [4.69, 9.17) is 4.74 Å². The zero-order chi connectivity index (χ0) is 21.2. The molecule has 2 aromatic rings. The van der Waals surface area contributed by atoms with Gasteiger partial charge < -0.3 is 20.5 Å². The van der Waals surface area contributed by atoms with Gasteiger partial charge in [-0.2, -0.15) is 0 Å². The number of aromatic hydroxyl groups is 1. The van der Waals surface area contributed by atoms with Gasteiger partial charge in [-0.05, 0) is 30.2 Å². The number of benzene rings is 2. The first-order chi connectivity index (χ1) is 13.9. The van der Waals surface area contributed by atoms with Crippen LogP contribution in [0.15, 0.2) is 54.6 Å². The lowest BCUT2D eigenvalue weighted by atomic mass is 10.0. The highest BCUT2D eigenvalue weighted by atomic mass is 19.1. The van der Waals surface area contributed by atoms with Gasteiger partial charge in [0.1, 0.15) is 25.1 Å². The molecule has 154 valence electrons. The number of ether oxygens (including phenoxy) is 1. The molecule has 0 heterocycles. The van der Waals surface area contributed by atoms with E-state index in [0.29, 0.717) is 5.56 Å². The van der Waals surface area contributed by atoms with Gasteiger partial charge in [0, 0.05) is 6.42 Å². The fourth-order valence-electron chi connectivity index (χ4n) is 2.49. The molecule has 2 rings (SSSR count). The molecule has 0 aliphatic heterocycles. The highest BCUT2D eigenvalue weighted by Gasteiger charge is 2.25. The van der Waals surface area contributed by atoms with E-state index >= 15 is 0 Å². The van der Waals surface area contributed by atoms with Crippen molar-refractivity contribution in [3.8, 4) is 5.75 Å². The SMILES string of the molecule is CC(NC(=O)C(Cc1ccc(O)cc1)NC(=O)OCc1ccccc1)C(=O)CF. The van der Waals surface area contributed by atoms with Gasteiger partial charge in [-0.3, -0.25) is 9.59 Å². The van der Waals surface area contributed by atoms with Gasteiger partial charge in [-0.1, -0.05) is 42.5 Å². The maximum absolute atomic E-state index is 12.5. The number of phenols is 1. The van der Waals surface area contributed by atoms with Gasteiger partial charge in [0.05, 0.1) is 6.04 Å². The molecule has 2 atom stereocenters. The van der Waals surface area contributed by atoms with Crippen molar-refractivity contribution in [2.45, 2.75) is 32.0 Å². The average molecular weight is 402 g/mol. The van der Waals surface area contributed by atoms with Crippen molar-refractivity contribution in [2.24, 2.45) is 0 Å². The van der Waals surface area contributed by atoms with Gasteiger partial charge in [-0.15, -0.1) is 0 Å². The van der Waals surface area contributed by atoms with Crippen molar-refractivity contribution in [3.05, 3.63) is 65.7 Å². The molecule has 8 heteroatoms. The molecule has 0 aromatic heterocycles. The topological polar surface area (TPSA) is 105 Å². The minimum Gasteiger partial charge on any atom is -0.508 e. The third kappa shape index (κ3) is 7.25. The van der Waals surface area contributed by atoms with Crippen molar-refractivity contribution in [2.75, 3.05) is 6.67 Å². The molecule has 2 unspecified atom stereocenters. The van der Waals surface area contributed by atoms with Crippen molar-refractivity contribution in [1.82, 2.24) is 10.6 Å². The number of alkyl halides is 1. The average Bonchev–Trinajstić information content (AvgIpc) is 2.73. The number of halogens is 1. The summed E-state index contributed by atoms with van der Waals surface area (Å²) in [4.78, 5) is 36.1. The molecule has 0 fully saturated rings. The molecule has 2 aromatic carbocycles. The van der Waals surface area contributed by atoms with Crippen molar-refractivity contribution < 1.29 is 28.6 Å². The van der Waals surface area contributed by atoms with Gasteiger partial charge >= 0.3 is 6.09 Å². The summed E-state index contributed by atoms with van der Waals surface area (Å²) in [7, 11) is 0. The molecule has 0 saturated carbocycles. The highest BCUT2D eigenvalue weighted by molar-refractivity contribution is 5.92. The Balaban J connectivity index is 2.04. The number of carbonyl (C=O) groups excluding carboxylic acids is 3. The largest absolute Gasteiger partial charge is 0.508 e. The quantitative estimate of drug-likeness (QED) is 0.597. The van der Waals surface area contributed by atoms with Gasteiger partial charge in [0.2, 0.25) is 5.91 Å². The first kappa shape index (κ1) is 21.9. The first-order valence-electron chi connectivity index (χ1n) is 9.03. The Morgan fingerprint density at radius 1 is 1.00 bits per heavy atom. The van der Waals surface area contributed by atoms with Gasteiger partial charge in [-0.25, -0.2) is 9.18 Å². The zero-order valence-corrected chi connectivity index (χ0v) is 15.9. The summed E-state index contributed by atoms with van der Waals surface area (Å²) in [6.45, 7) is 0.193. The second kappa shape index (κ2) is 10.8. The summed E-state index contributed by atoms with van der Waals surface area (Å²) in [5.41, 5.74) is 1.44. The van der Waals surface area contributed by atoms with Gasteiger partial charge in [0.15, 0.2) is 5.78 Å². The molecular weight excluding hydrogens is 379 g/mol. The second-order valence-electron chi connectivity index (χ2n) is 6.46. The number of Topliss-reactive ketones (excluding diaryl/α,β-unsaturated/α-hetero) is 1. The standard InChI is InChI=1S/C21H23FN2O5/c1-14(19(26)12-22)23-20(27)18(11-15-7-9-17(25)10-8-15)24-21(28)29-13-16-5-3-2-4-6-16/h2-10,14,18,25H,11-13H2,1H3,(H,23,27)(H,24,28). The number of amides is 2. The van der Waals surface area contributed by atoms with Crippen LogP contribution in [0, 0.1) is 0 Å². The predicted molar refractivity (Wildman–Crippen MR) is 104 cm³/mol. The fraction of sp³-hybridized carbons (Fsp3) is 0.286. The molecule has 2 amide bonds. The normalized spacial score (nSPS) is 12.5. The molecule has 0 aliphatic rings. The fourth-order valence-corrected chi connectivity index (χ4v) is 2.49. The number of ketones is 1. The Hall–Kier alpha value is -3.42. The highest BCUT2D eigenvalue weighted by Crippen LogP contribution is 2.12. The lowest BCUT2D eigenvalue weighted by Crippen LogP contribution is -2.52. The van der Waals surface area contributed by atoms with Crippen LogP contribution in [-0.4, -0.2) is 41.6 Å². The van der Waals surface area contributed by atoms with Crippen LogP contribution < -0.4 is 10.6 Å². The van der Waals surface area contributed by atoms with E-state index in [1.54, 1.807) is 36.4 Å². The smallest absolute Gasteiger partial charge is 0.408 e. The number of alkyl carbamates (subject to hydrolysis) is 1. The van der Waals surface area contributed by atoms with Gasteiger partial charge in [0.25, 0.3) is 0 Å². The number of hydrogen-bond acceptors (Lipinski definition) is 5. The van der Waals surface area contributed by atoms with E-state index in [1.165, 1.54) is 19.1 Å². The number of nitrogens with one attached hydrogen (secondary N) is 2. The Morgan fingerprint density at radius 3 is 2.28 bits per heavy atom. The van der Waals surface area contributed by atoms with Crippen LogP contribution in [0.1, 0.15) is 18.1 Å². The van der Waals surface area contributed by atoms with E-state index in [2.05, 4.69) is 10.6 Å². The molecule has 0 aliphatic carbocycles. The van der Waals surface area contributed by atoms with E-state index in [0.717, 1.165) is 5.56 Å². The lowest BCUT2D eigenvalue weighted by molar-refractivity contribution is -0.128. The van der Waals surface area contributed by atoms with Crippen molar-refractivity contribution >= 4 is 17.8 Å². The molecule has 29 heavy (non-hydrogen) atoms. The maximum Gasteiger partial charge on any atom is 0.408 e. The summed E-state index contributed by atoms with van der Waals surface area (Å²) in [6.07, 6.45) is -0.722. The molecule has 0 radical (unpaired) electrons. The molecule has 0 spiro atoms. The van der Waals surface area contributed by atoms with Crippen LogP contribution >= 0.6 is 0 Å².